The van der Waals surface area contributed by atoms with Gasteiger partial charge >= 0.3 is 5.97 Å². The van der Waals surface area contributed by atoms with E-state index in [1.165, 1.54) is 6.92 Å². The predicted octanol–water partition coefficient (Wildman–Crippen LogP) is 5.71. The zero-order valence-electron chi connectivity index (χ0n) is 17.0. The second-order valence-corrected chi connectivity index (χ2v) is 7.36. The van der Waals surface area contributed by atoms with E-state index in [9.17, 15) is 9.59 Å². The van der Waals surface area contributed by atoms with Crippen LogP contribution in [0.4, 0.5) is 5.69 Å². The standard InChI is InChI=1S/C24H22ClNO4/c1-15-7-8-20(29-14-18-5-4-6-19(25)12-18)13-22(15)24(28)26-23-10-9-21(11-16(23)2)30-17(3)27/h4-13H,14H2,1-3H3,(H,26,28). The minimum atomic E-state index is -0.392. The van der Waals surface area contributed by atoms with Gasteiger partial charge in [-0.3, -0.25) is 9.59 Å². The molecule has 0 aliphatic carbocycles. The van der Waals surface area contributed by atoms with Crippen molar-refractivity contribution >= 4 is 29.2 Å². The summed E-state index contributed by atoms with van der Waals surface area (Å²) < 4.78 is 10.9. The van der Waals surface area contributed by atoms with E-state index in [0.717, 1.165) is 16.7 Å². The quantitative estimate of drug-likeness (QED) is 0.407. The Morgan fingerprint density at radius 1 is 0.933 bits per heavy atom. The highest BCUT2D eigenvalue weighted by atomic mass is 35.5. The highest BCUT2D eigenvalue weighted by Gasteiger charge is 2.13. The first-order chi connectivity index (χ1) is 14.3. The maximum absolute atomic E-state index is 12.9. The maximum atomic E-state index is 12.9. The van der Waals surface area contributed by atoms with Crippen LogP contribution in [0.25, 0.3) is 0 Å². The van der Waals surface area contributed by atoms with Gasteiger partial charge in [-0.1, -0.05) is 29.8 Å². The maximum Gasteiger partial charge on any atom is 0.308 e. The van der Waals surface area contributed by atoms with Crippen LogP contribution in [0.15, 0.2) is 60.7 Å². The zero-order chi connectivity index (χ0) is 21.7. The van der Waals surface area contributed by atoms with Crippen LogP contribution in [-0.4, -0.2) is 11.9 Å². The average molecular weight is 424 g/mol. The number of carbonyl (C=O) groups is 2. The molecular weight excluding hydrogens is 402 g/mol. The highest BCUT2D eigenvalue weighted by molar-refractivity contribution is 6.30. The number of amides is 1. The first-order valence-electron chi connectivity index (χ1n) is 9.40. The third-order valence-electron chi connectivity index (χ3n) is 4.46. The molecule has 0 spiro atoms. The molecule has 0 aliphatic heterocycles. The van der Waals surface area contributed by atoms with Gasteiger partial charge in [0.1, 0.15) is 18.1 Å². The number of benzene rings is 3. The summed E-state index contributed by atoms with van der Waals surface area (Å²) in [5, 5.41) is 3.55. The van der Waals surface area contributed by atoms with Gasteiger partial charge in [0.2, 0.25) is 0 Å². The van der Waals surface area contributed by atoms with Gasteiger partial charge in [-0.15, -0.1) is 0 Å². The van der Waals surface area contributed by atoms with Gasteiger partial charge in [-0.25, -0.2) is 0 Å². The molecule has 0 aliphatic rings. The van der Waals surface area contributed by atoms with Crippen LogP contribution in [-0.2, 0) is 11.4 Å². The molecule has 154 valence electrons. The summed E-state index contributed by atoms with van der Waals surface area (Å²) in [6, 6.07) is 17.9. The number of halogens is 1. The largest absolute Gasteiger partial charge is 0.489 e. The van der Waals surface area contributed by atoms with Crippen LogP contribution in [0.2, 0.25) is 5.02 Å². The van der Waals surface area contributed by atoms with E-state index < -0.39 is 5.97 Å². The van der Waals surface area contributed by atoms with Gasteiger partial charge in [0, 0.05) is 23.2 Å². The fourth-order valence-corrected chi connectivity index (χ4v) is 3.14. The second-order valence-electron chi connectivity index (χ2n) is 6.92. The SMILES string of the molecule is CC(=O)Oc1ccc(NC(=O)c2cc(OCc3cccc(Cl)c3)ccc2C)c(C)c1. The van der Waals surface area contributed by atoms with Gasteiger partial charge in [0.15, 0.2) is 0 Å². The third kappa shape index (κ3) is 5.61. The van der Waals surface area contributed by atoms with E-state index in [4.69, 9.17) is 21.1 Å². The Morgan fingerprint density at radius 2 is 1.70 bits per heavy atom. The van der Waals surface area contributed by atoms with E-state index in [1.807, 2.05) is 44.2 Å². The van der Waals surface area contributed by atoms with Gasteiger partial charge in [0.25, 0.3) is 5.91 Å². The van der Waals surface area contributed by atoms with E-state index in [1.54, 1.807) is 30.3 Å². The first-order valence-corrected chi connectivity index (χ1v) is 9.78. The van der Waals surface area contributed by atoms with Crippen molar-refractivity contribution in [2.45, 2.75) is 27.4 Å². The van der Waals surface area contributed by atoms with Crippen molar-refractivity contribution in [1.82, 2.24) is 0 Å². The molecule has 0 radical (unpaired) electrons. The Kier molecular flexibility index (Phi) is 6.75. The summed E-state index contributed by atoms with van der Waals surface area (Å²) in [4.78, 5) is 23.9. The Balaban J connectivity index is 1.72. The van der Waals surface area contributed by atoms with Crippen molar-refractivity contribution in [2.75, 3.05) is 5.32 Å². The van der Waals surface area contributed by atoms with Crippen LogP contribution in [0.3, 0.4) is 0 Å². The third-order valence-corrected chi connectivity index (χ3v) is 4.69. The molecule has 0 saturated heterocycles. The van der Waals surface area contributed by atoms with Crippen molar-refractivity contribution in [3.05, 3.63) is 87.9 Å². The molecular formula is C24H22ClNO4. The molecule has 1 amide bonds. The molecule has 30 heavy (non-hydrogen) atoms. The number of rotatable bonds is 6. The molecule has 3 aromatic rings. The molecule has 0 atom stereocenters. The number of ether oxygens (including phenoxy) is 2. The summed E-state index contributed by atoms with van der Waals surface area (Å²) in [5.41, 5.74) is 3.71. The van der Waals surface area contributed by atoms with Crippen molar-refractivity contribution < 1.29 is 19.1 Å². The lowest BCUT2D eigenvalue weighted by atomic mass is 10.1. The van der Waals surface area contributed by atoms with Crippen LogP contribution >= 0.6 is 11.6 Å². The molecule has 0 aromatic heterocycles. The zero-order valence-corrected chi connectivity index (χ0v) is 17.7. The number of carbonyl (C=O) groups excluding carboxylic acids is 2. The van der Waals surface area contributed by atoms with Crippen LogP contribution in [0, 0.1) is 13.8 Å². The molecule has 0 fully saturated rings. The Hall–Kier alpha value is -3.31. The molecule has 0 unspecified atom stereocenters. The molecule has 3 aromatic carbocycles. The number of nitrogens with one attached hydrogen (secondary N) is 1. The van der Waals surface area contributed by atoms with Crippen molar-refractivity contribution in [2.24, 2.45) is 0 Å². The number of hydrogen-bond acceptors (Lipinski definition) is 4. The van der Waals surface area contributed by atoms with Gasteiger partial charge in [0.05, 0.1) is 0 Å². The first kappa shape index (κ1) is 21.4. The van der Waals surface area contributed by atoms with Gasteiger partial charge < -0.3 is 14.8 Å². The summed E-state index contributed by atoms with van der Waals surface area (Å²) >= 11 is 6.01. The minimum absolute atomic E-state index is 0.246. The molecule has 1 N–H and O–H groups in total. The van der Waals surface area contributed by atoms with E-state index in [-0.39, 0.29) is 5.91 Å². The Bertz CT molecular complexity index is 1090. The molecule has 0 bridgehead atoms. The summed E-state index contributed by atoms with van der Waals surface area (Å²) in [5.74, 6) is 0.388. The lowest BCUT2D eigenvalue weighted by Gasteiger charge is -2.13. The molecule has 0 heterocycles. The number of aryl methyl sites for hydroxylation is 2. The smallest absolute Gasteiger partial charge is 0.308 e. The topological polar surface area (TPSA) is 64.6 Å². The molecule has 3 rings (SSSR count). The predicted molar refractivity (Wildman–Crippen MR) is 117 cm³/mol. The summed E-state index contributed by atoms with van der Waals surface area (Å²) in [7, 11) is 0. The van der Waals surface area contributed by atoms with Crippen LogP contribution in [0.5, 0.6) is 11.5 Å². The Morgan fingerprint density at radius 3 is 2.40 bits per heavy atom. The lowest BCUT2D eigenvalue weighted by molar-refractivity contribution is -0.131. The van der Waals surface area contributed by atoms with E-state index in [0.29, 0.717) is 34.4 Å². The molecule has 5 nitrogen and oxygen atoms in total. The van der Waals surface area contributed by atoms with Crippen LogP contribution < -0.4 is 14.8 Å². The number of esters is 1. The fourth-order valence-electron chi connectivity index (χ4n) is 2.92. The second kappa shape index (κ2) is 9.46. The van der Waals surface area contributed by atoms with E-state index >= 15 is 0 Å². The highest BCUT2D eigenvalue weighted by Crippen LogP contribution is 2.24. The normalized spacial score (nSPS) is 10.4. The lowest BCUT2D eigenvalue weighted by Crippen LogP contribution is -2.14. The van der Waals surface area contributed by atoms with Gasteiger partial charge in [-0.2, -0.15) is 0 Å². The number of hydrogen-bond donors (Lipinski definition) is 1. The monoisotopic (exact) mass is 423 g/mol. The minimum Gasteiger partial charge on any atom is -0.489 e. The summed E-state index contributed by atoms with van der Waals surface area (Å²) in [6.07, 6.45) is 0. The van der Waals surface area contributed by atoms with Crippen molar-refractivity contribution in [3.63, 3.8) is 0 Å². The van der Waals surface area contributed by atoms with Crippen LogP contribution in [0.1, 0.15) is 34.0 Å². The van der Waals surface area contributed by atoms with Crippen molar-refractivity contribution in [3.8, 4) is 11.5 Å². The summed E-state index contributed by atoms with van der Waals surface area (Å²) in [6.45, 7) is 5.39. The average Bonchev–Trinajstić information content (AvgIpc) is 2.69. The van der Waals surface area contributed by atoms with Crippen molar-refractivity contribution in [1.29, 1.82) is 0 Å². The molecule has 0 saturated carbocycles. The van der Waals surface area contributed by atoms with E-state index in [2.05, 4.69) is 5.32 Å². The van der Waals surface area contributed by atoms with Gasteiger partial charge in [-0.05, 0) is 73.0 Å². The number of anilines is 1. The fraction of sp³-hybridized carbons (Fsp3) is 0.167. The molecule has 6 heteroatoms. The Labute approximate surface area is 180 Å².